The molecule has 0 bridgehead atoms. The molecule has 0 saturated heterocycles. The number of hydrogen-bond acceptors (Lipinski definition) is 4. The number of halogens is 2. The van der Waals surface area contributed by atoms with Crippen molar-refractivity contribution in [2.45, 2.75) is 0 Å². The number of nitriles is 1. The molecule has 0 amide bonds. The molecule has 0 aliphatic heterocycles. The highest BCUT2D eigenvalue weighted by atomic mass is 79.9. The predicted molar refractivity (Wildman–Crippen MR) is 78.4 cm³/mol. The molecule has 0 fully saturated rings. The maximum atomic E-state index is 13.6. The minimum Gasteiger partial charge on any atom is -0.455 e. The molecular weight excluding hydrogens is 337 g/mol. The Balaban J connectivity index is 2.02. The Morgan fingerprint density at radius 2 is 2.05 bits per heavy atom. The van der Waals surface area contributed by atoms with E-state index in [2.05, 4.69) is 25.9 Å². The molecule has 0 aliphatic rings. The summed E-state index contributed by atoms with van der Waals surface area (Å²) in [5.41, 5.74) is 1.21. The zero-order valence-corrected chi connectivity index (χ0v) is 12.1. The van der Waals surface area contributed by atoms with Gasteiger partial charge in [-0.05, 0) is 34.1 Å². The van der Waals surface area contributed by atoms with E-state index in [0.29, 0.717) is 22.5 Å². The van der Waals surface area contributed by atoms with Gasteiger partial charge in [0.2, 0.25) is 0 Å². The molecule has 102 valence electrons. The van der Waals surface area contributed by atoms with Crippen molar-refractivity contribution in [3.63, 3.8) is 0 Å². The van der Waals surface area contributed by atoms with E-state index in [1.165, 1.54) is 18.2 Å². The highest BCUT2D eigenvalue weighted by Crippen LogP contribution is 2.29. The zero-order chi connectivity index (χ0) is 14.8. The fourth-order valence-corrected chi connectivity index (χ4v) is 2.16. The molecule has 1 aromatic carbocycles. The Morgan fingerprint density at radius 1 is 1.19 bits per heavy atom. The van der Waals surface area contributed by atoms with E-state index in [4.69, 9.17) is 10.00 Å². The Labute approximate surface area is 128 Å². The van der Waals surface area contributed by atoms with Crippen LogP contribution in [0.2, 0.25) is 0 Å². The van der Waals surface area contributed by atoms with Crippen LogP contribution in [0.1, 0.15) is 5.56 Å². The number of hydrogen-bond donors (Lipinski definition) is 0. The molecule has 0 radical (unpaired) electrons. The number of nitrogens with zero attached hydrogens (tertiary/aromatic N) is 3. The summed E-state index contributed by atoms with van der Waals surface area (Å²) in [7, 11) is 0. The molecule has 0 unspecified atom stereocenters. The fraction of sp³-hybridized carbons (Fsp3) is 0. The third kappa shape index (κ3) is 2.69. The summed E-state index contributed by atoms with van der Waals surface area (Å²) in [4.78, 5) is 8.45. The van der Waals surface area contributed by atoms with Crippen LogP contribution in [-0.4, -0.2) is 9.97 Å². The lowest BCUT2D eigenvalue weighted by Gasteiger charge is -2.08. The average Bonchev–Trinajstić information content (AvgIpc) is 2.47. The first kappa shape index (κ1) is 13.5. The molecule has 3 rings (SSSR count). The molecule has 0 atom stereocenters. The van der Waals surface area contributed by atoms with E-state index < -0.39 is 5.82 Å². The maximum absolute atomic E-state index is 13.6. The van der Waals surface area contributed by atoms with Crippen LogP contribution < -0.4 is 4.74 Å². The molecule has 0 spiro atoms. The van der Waals surface area contributed by atoms with Gasteiger partial charge in [-0.2, -0.15) is 5.26 Å². The van der Waals surface area contributed by atoms with Gasteiger partial charge in [0, 0.05) is 29.0 Å². The van der Waals surface area contributed by atoms with Crippen molar-refractivity contribution < 1.29 is 9.13 Å². The lowest BCUT2D eigenvalue weighted by atomic mass is 10.2. The van der Waals surface area contributed by atoms with E-state index in [1.807, 2.05) is 6.07 Å². The summed E-state index contributed by atoms with van der Waals surface area (Å²) in [6.07, 6.45) is 3.22. The highest BCUT2D eigenvalue weighted by molar-refractivity contribution is 9.10. The molecule has 0 N–H and O–H groups in total. The third-order valence-electron chi connectivity index (χ3n) is 2.80. The summed E-state index contributed by atoms with van der Waals surface area (Å²) in [5.74, 6) is 0.143. The SMILES string of the molecule is N#Cc1ccc(Oc2ccnc3cc(Br)cnc23)cc1F. The van der Waals surface area contributed by atoms with Crippen molar-refractivity contribution in [2.75, 3.05) is 0 Å². The van der Waals surface area contributed by atoms with Crippen molar-refractivity contribution in [1.29, 1.82) is 5.26 Å². The molecule has 0 aliphatic carbocycles. The molecule has 2 heterocycles. The van der Waals surface area contributed by atoms with Gasteiger partial charge < -0.3 is 4.74 Å². The molecule has 21 heavy (non-hydrogen) atoms. The molecule has 2 aromatic heterocycles. The summed E-state index contributed by atoms with van der Waals surface area (Å²) in [6, 6.07) is 9.31. The van der Waals surface area contributed by atoms with Gasteiger partial charge in [-0.25, -0.2) is 9.37 Å². The Kier molecular flexibility index (Phi) is 3.50. The predicted octanol–water partition coefficient (Wildman–Crippen LogP) is 4.20. The van der Waals surface area contributed by atoms with Crippen LogP contribution in [0.15, 0.2) is 47.2 Å². The molecular formula is C15H7BrFN3O. The largest absolute Gasteiger partial charge is 0.455 e. The van der Waals surface area contributed by atoms with Crippen LogP contribution in [-0.2, 0) is 0 Å². The second-order valence-electron chi connectivity index (χ2n) is 4.19. The van der Waals surface area contributed by atoms with E-state index in [-0.39, 0.29) is 5.56 Å². The Bertz CT molecular complexity index is 876. The second-order valence-corrected chi connectivity index (χ2v) is 5.10. The van der Waals surface area contributed by atoms with Crippen molar-refractivity contribution in [1.82, 2.24) is 9.97 Å². The van der Waals surface area contributed by atoms with Gasteiger partial charge in [0.15, 0.2) is 5.75 Å². The van der Waals surface area contributed by atoms with E-state index in [9.17, 15) is 4.39 Å². The lowest BCUT2D eigenvalue weighted by Crippen LogP contribution is -1.91. The van der Waals surface area contributed by atoms with Gasteiger partial charge in [-0.3, -0.25) is 4.98 Å². The second kappa shape index (κ2) is 5.46. The molecule has 0 saturated carbocycles. The van der Waals surface area contributed by atoms with Gasteiger partial charge in [0.25, 0.3) is 0 Å². The summed E-state index contributed by atoms with van der Waals surface area (Å²) < 4.78 is 20.0. The number of benzene rings is 1. The van der Waals surface area contributed by atoms with Gasteiger partial charge >= 0.3 is 0 Å². The Morgan fingerprint density at radius 3 is 2.81 bits per heavy atom. The number of aromatic nitrogens is 2. The van der Waals surface area contributed by atoms with E-state index >= 15 is 0 Å². The van der Waals surface area contributed by atoms with Crippen molar-refractivity contribution in [2.24, 2.45) is 0 Å². The van der Waals surface area contributed by atoms with E-state index in [1.54, 1.807) is 24.5 Å². The van der Waals surface area contributed by atoms with Crippen LogP contribution in [0, 0.1) is 17.1 Å². The lowest BCUT2D eigenvalue weighted by molar-refractivity contribution is 0.480. The standard InChI is InChI=1S/C15H7BrFN3O/c16-10-5-13-15(20-8-10)14(3-4-19-13)21-11-2-1-9(7-18)12(17)6-11/h1-6,8H. The molecule has 3 aromatic rings. The number of rotatable bonds is 2. The summed E-state index contributed by atoms with van der Waals surface area (Å²) >= 11 is 3.33. The summed E-state index contributed by atoms with van der Waals surface area (Å²) in [6.45, 7) is 0. The summed E-state index contributed by atoms with van der Waals surface area (Å²) in [5, 5.41) is 8.71. The smallest absolute Gasteiger partial charge is 0.156 e. The minimum absolute atomic E-state index is 0.0241. The topological polar surface area (TPSA) is 58.8 Å². The van der Waals surface area contributed by atoms with Gasteiger partial charge in [0.05, 0.1) is 11.1 Å². The first-order valence-electron chi connectivity index (χ1n) is 5.95. The van der Waals surface area contributed by atoms with Crippen molar-refractivity contribution in [3.8, 4) is 17.6 Å². The van der Waals surface area contributed by atoms with Crippen LogP contribution in [0.25, 0.3) is 11.0 Å². The average molecular weight is 344 g/mol. The molecule has 6 heteroatoms. The highest BCUT2D eigenvalue weighted by Gasteiger charge is 2.08. The van der Waals surface area contributed by atoms with Crippen molar-refractivity contribution >= 4 is 27.0 Å². The Hall–Kier alpha value is -2.52. The quantitative estimate of drug-likeness (QED) is 0.699. The van der Waals surface area contributed by atoms with E-state index in [0.717, 1.165) is 4.47 Å². The van der Waals surface area contributed by atoms with Crippen LogP contribution in [0.5, 0.6) is 11.5 Å². The number of fused-ring (bicyclic) bond motifs is 1. The van der Waals surface area contributed by atoms with Crippen LogP contribution in [0.4, 0.5) is 4.39 Å². The zero-order valence-electron chi connectivity index (χ0n) is 10.5. The van der Waals surface area contributed by atoms with Crippen molar-refractivity contribution in [3.05, 3.63) is 58.6 Å². The minimum atomic E-state index is -0.621. The van der Waals surface area contributed by atoms with Crippen LogP contribution >= 0.6 is 15.9 Å². The van der Waals surface area contributed by atoms with Crippen LogP contribution in [0.3, 0.4) is 0 Å². The normalized spacial score (nSPS) is 10.3. The van der Waals surface area contributed by atoms with Gasteiger partial charge in [-0.15, -0.1) is 0 Å². The van der Waals surface area contributed by atoms with Gasteiger partial charge in [0.1, 0.15) is 23.2 Å². The first-order chi connectivity index (χ1) is 10.2. The number of ether oxygens (including phenoxy) is 1. The first-order valence-corrected chi connectivity index (χ1v) is 6.74. The molecule has 4 nitrogen and oxygen atoms in total. The van der Waals surface area contributed by atoms with Gasteiger partial charge in [-0.1, -0.05) is 0 Å². The fourth-order valence-electron chi connectivity index (χ4n) is 1.84. The monoisotopic (exact) mass is 343 g/mol. The number of pyridine rings is 2. The third-order valence-corrected chi connectivity index (χ3v) is 3.23. The maximum Gasteiger partial charge on any atom is 0.156 e.